The molecule has 0 aliphatic carbocycles. The lowest BCUT2D eigenvalue weighted by molar-refractivity contribution is -0.137. The number of hydrogen-bond donors (Lipinski definition) is 3. The monoisotopic (exact) mass is 476 g/mol. The Morgan fingerprint density at radius 2 is 2.18 bits per heavy atom. The van der Waals surface area contributed by atoms with E-state index >= 15 is 0 Å². The molecular weight excluding hydrogens is 458 g/mol. The van der Waals surface area contributed by atoms with E-state index in [-0.39, 0.29) is 22.7 Å². The molecule has 0 radical (unpaired) electrons. The number of benzene rings is 1. The Labute approximate surface area is 189 Å². The molecule has 0 spiro atoms. The minimum absolute atomic E-state index is 0.131. The molecule has 4 rings (SSSR count). The molecule has 3 aromatic heterocycles. The highest BCUT2D eigenvalue weighted by Gasteiger charge is 2.22. The van der Waals surface area contributed by atoms with Crippen LogP contribution in [-0.2, 0) is 11.3 Å². The number of carbonyl (C=O) groups is 1. The first kappa shape index (κ1) is 22.5. The normalized spacial score (nSPS) is 12.3. The summed E-state index contributed by atoms with van der Waals surface area (Å²) in [6.45, 7) is -3.55. The third-order valence-corrected chi connectivity index (χ3v) is 5.34. The van der Waals surface area contributed by atoms with Crippen LogP contribution in [-0.4, -0.2) is 53.4 Å². The number of nitrogens with zero attached hydrogens (tertiary/aromatic N) is 5. The molecule has 0 saturated heterocycles. The number of aliphatic carboxylic acids is 1. The van der Waals surface area contributed by atoms with E-state index in [4.69, 9.17) is 5.11 Å². The van der Waals surface area contributed by atoms with Crippen molar-refractivity contribution in [2.75, 3.05) is 11.6 Å². The Hall–Kier alpha value is -3.71. The van der Waals surface area contributed by atoms with Gasteiger partial charge in [0.25, 0.3) is 0 Å². The fourth-order valence-electron chi connectivity index (χ4n) is 3.23. The Balaban J connectivity index is 1.78. The SMILES string of the molecule is CSc1ccc(OC(F)F)c(-c2nn(CC(=O)O)cc2NC(O)c2cnn3cccnc23)c1. The van der Waals surface area contributed by atoms with Crippen molar-refractivity contribution < 1.29 is 28.5 Å². The third kappa shape index (κ3) is 4.88. The number of carboxylic acid groups (broad SMARTS) is 1. The van der Waals surface area contributed by atoms with Gasteiger partial charge in [0.05, 0.1) is 17.4 Å². The van der Waals surface area contributed by atoms with Crippen LogP contribution in [0.2, 0.25) is 0 Å². The number of aliphatic hydroxyl groups is 1. The molecule has 0 fully saturated rings. The maximum Gasteiger partial charge on any atom is 0.387 e. The Morgan fingerprint density at radius 1 is 1.36 bits per heavy atom. The topological polar surface area (TPSA) is 127 Å². The average molecular weight is 476 g/mol. The zero-order chi connectivity index (χ0) is 23.5. The molecule has 3 N–H and O–H groups in total. The Kier molecular flexibility index (Phi) is 6.42. The molecule has 0 aliphatic heterocycles. The number of aromatic nitrogens is 5. The van der Waals surface area contributed by atoms with Gasteiger partial charge in [-0.1, -0.05) is 0 Å². The molecule has 10 nitrogen and oxygen atoms in total. The molecule has 0 bridgehead atoms. The molecule has 13 heteroatoms. The first-order chi connectivity index (χ1) is 15.9. The third-order valence-electron chi connectivity index (χ3n) is 4.61. The first-order valence-electron chi connectivity index (χ1n) is 9.51. The fourth-order valence-corrected chi connectivity index (χ4v) is 3.67. The van der Waals surface area contributed by atoms with Gasteiger partial charge in [-0.05, 0) is 30.5 Å². The van der Waals surface area contributed by atoms with Crippen LogP contribution in [0.15, 0.2) is 53.9 Å². The highest BCUT2D eigenvalue weighted by atomic mass is 32.2. The van der Waals surface area contributed by atoms with Crippen LogP contribution in [0.4, 0.5) is 14.5 Å². The fraction of sp³-hybridized carbons (Fsp3) is 0.200. The van der Waals surface area contributed by atoms with Gasteiger partial charge in [0, 0.05) is 29.0 Å². The predicted octanol–water partition coefficient (Wildman–Crippen LogP) is 3.10. The molecule has 1 unspecified atom stereocenters. The molecule has 3 heterocycles. The summed E-state index contributed by atoms with van der Waals surface area (Å²) in [6.07, 6.45) is 6.52. The Bertz CT molecular complexity index is 1290. The minimum atomic E-state index is -3.07. The summed E-state index contributed by atoms with van der Waals surface area (Å²) in [4.78, 5) is 16.2. The number of thioether (sulfide) groups is 1. The summed E-state index contributed by atoms with van der Waals surface area (Å²) in [5.41, 5.74) is 1.30. The van der Waals surface area contributed by atoms with Crippen LogP contribution in [0.25, 0.3) is 16.9 Å². The van der Waals surface area contributed by atoms with Gasteiger partial charge in [-0.2, -0.15) is 19.0 Å². The van der Waals surface area contributed by atoms with Crippen molar-refractivity contribution >= 4 is 29.1 Å². The summed E-state index contributed by atoms with van der Waals surface area (Å²) in [5.74, 6) is -1.29. The summed E-state index contributed by atoms with van der Waals surface area (Å²) in [5, 5.41) is 31.2. The van der Waals surface area contributed by atoms with Gasteiger partial charge < -0.3 is 20.3 Å². The van der Waals surface area contributed by atoms with Gasteiger partial charge in [-0.15, -0.1) is 11.8 Å². The van der Waals surface area contributed by atoms with Crippen molar-refractivity contribution in [3.63, 3.8) is 0 Å². The second kappa shape index (κ2) is 9.42. The Morgan fingerprint density at radius 3 is 2.91 bits per heavy atom. The van der Waals surface area contributed by atoms with Gasteiger partial charge in [-0.25, -0.2) is 9.50 Å². The summed E-state index contributed by atoms with van der Waals surface area (Å²) >= 11 is 1.38. The van der Waals surface area contributed by atoms with Gasteiger partial charge in [0.15, 0.2) is 11.9 Å². The van der Waals surface area contributed by atoms with Crippen molar-refractivity contribution in [1.82, 2.24) is 24.4 Å². The van der Waals surface area contributed by atoms with E-state index in [9.17, 15) is 18.7 Å². The highest BCUT2D eigenvalue weighted by Crippen LogP contribution is 2.38. The standard InChI is InChI=1S/C20H18F2N6O4S/c1-33-11-3-4-15(32-20(21)22)12(7-11)17-14(9-27(26-17)10-16(29)30)25-19(31)13-8-24-28-6-2-5-23-18(13)28/h2-9,19-20,25,31H,10H2,1H3,(H,29,30). The predicted molar refractivity (Wildman–Crippen MR) is 115 cm³/mol. The minimum Gasteiger partial charge on any atom is -0.480 e. The highest BCUT2D eigenvalue weighted by molar-refractivity contribution is 7.98. The number of aliphatic hydroxyl groups excluding tert-OH is 1. The number of halogens is 2. The zero-order valence-electron chi connectivity index (χ0n) is 17.1. The number of hydrogen-bond acceptors (Lipinski definition) is 8. The van der Waals surface area contributed by atoms with Crippen LogP contribution in [0, 0.1) is 0 Å². The van der Waals surface area contributed by atoms with Crippen molar-refractivity contribution in [1.29, 1.82) is 0 Å². The number of ether oxygens (including phenoxy) is 1. The molecule has 0 amide bonds. The van der Waals surface area contributed by atoms with E-state index in [1.54, 1.807) is 30.6 Å². The lowest BCUT2D eigenvalue weighted by atomic mass is 10.1. The average Bonchev–Trinajstić information content (AvgIpc) is 3.37. The molecule has 0 saturated carbocycles. The first-order valence-corrected chi connectivity index (χ1v) is 10.7. The number of alkyl halides is 2. The van der Waals surface area contributed by atoms with Gasteiger partial charge in [-0.3, -0.25) is 9.48 Å². The molecule has 4 aromatic rings. The van der Waals surface area contributed by atoms with Gasteiger partial charge in [0.1, 0.15) is 18.0 Å². The van der Waals surface area contributed by atoms with Crippen LogP contribution in [0.3, 0.4) is 0 Å². The van der Waals surface area contributed by atoms with Crippen LogP contribution >= 0.6 is 11.8 Å². The quantitative estimate of drug-likeness (QED) is 0.247. The lowest BCUT2D eigenvalue weighted by Crippen LogP contribution is -2.10. The van der Waals surface area contributed by atoms with Gasteiger partial charge >= 0.3 is 12.6 Å². The van der Waals surface area contributed by atoms with Crippen molar-refractivity contribution in [2.45, 2.75) is 24.3 Å². The van der Waals surface area contributed by atoms with E-state index in [0.29, 0.717) is 11.2 Å². The van der Waals surface area contributed by atoms with E-state index in [1.165, 1.54) is 34.7 Å². The summed E-state index contributed by atoms with van der Waals surface area (Å²) < 4.78 is 33.3. The molecule has 33 heavy (non-hydrogen) atoms. The van der Waals surface area contributed by atoms with Crippen LogP contribution < -0.4 is 10.1 Å². The van der Waals surface area contributed by atoms with Gasteiger partial charge in [0.2, 0.25) is 0 Å². The molecule has 172 valence electrons. The largest absolute Gasteiger partial charge is 0.480 e. The van der Waals surface area contributed by atoms with Crippen molar-refractivity contribution in [2.24, 2.45) is 0 Å². The van der Waals surface area contributed by atoms with E-state index in [2.05, 4.69) is 25.2 Å². The van der Waals surface area contributed by atoms with E-state index < -0.39 is 25.4 Å². The lowest BCUT2D eigenvalue weighted by Gasteiger charge is -2.15. The number of carboxylic acids is 1. The number of rotatable bonds is 9. The maximum absolute atomic E-state index is 13.0. The van der Waals surface area contributed by atoms with Crippen molar-refractivity contribution in [3.8, 4) is 17.0 Å². The van der Waals surface area contributed by atoms with Crippen LogP contribution in [0.1, 0.15) is 11.8 Å². The molecule has 1 aromatic carbocycles. The van der Waals surface area contributed by atoms with Crippen LogP contribution in [0.5, 0.6) is 5.75 Å². The second-order valence-corrected chi connectivity index (χ2v) is 7.64. The maximum atomic E-state index is 13.0. The second-order valence-electron chi connectivity index (χ2n) is 6.76. The summed E-state index contributed by atoms with van der Waals surface area (Å²) in [6, 6.07) is 6.29. The van der Waals surface area contributed by atoms with Crippen molar-refractivity contribution in [3.05, 3.63) is 54.6 Å². The van der Waals surface area contributed by atoms with E-state index in [0.717, 1.165) is 9.58 Å². The number of fused-ring (bicyclic) bond motifs is 1. The van der Waals surface area contributed by atoms with E-state index in [1.807, 2.05) is 6.26 Å². The molecule has 1 atom stereocenters. The number of nitrogens with one attached hydrogen (secondary N) is 1. The smallest absolute Gasteiger partial charge is 0.387 e. The zero-order valence-corrected chi connectivity index (χ0v) is 17.9. The summed E-state index contributed by atoms with van der Waals surface area (Å²) in [7, 11) is 0. The molecular formula is C20H18F2N6O4S. The molecule has 0 aliphatic rings. The number of anilines is 1.